The van der Waals surface area contributed by atoms with Crippen molar-refractivity contribution in [2.24, 2.45) is 0 Å². The molecule has 0 radical (unpaired) electrons. The summed E-state index contributed by atoms with van der Waals surface area (Å²) in [6.45, 7) is 4.51. The van der Waals surface area contributed by atoms with Gasteiger partial charge in [-0.25, -0.2) is 8.89 Å². The van der Waals surface area contributed by atoms with Crippen LogP contribution in [-0.2, 0) is 0 Å². The Hall–Kier alpha value is -3.47. The second-order valence-electron chi connectivity index (χ2n) is 6.82. The van der Waals surface area contributed by atoms with Crippen molar-refractivity contribution in [1.82, 2.24) is 34.1 Å². The number of hydrogen-bond acceptors (Lipinski definition) is 8. The summed E-state index contributed by atoms with van der Waals surface area (Å²) in [5.74, 6) is 2.04. The van der Waals surface area contributed by atoms with Gasteiger partial charge in [0.1, 0.15) is 10.4 Å². The van der Waals surface area contributed by atoms with E-state index >= 15 is 0 Å². The molecule has 5 rings (SSSR count). The molecule has 0 unspecified atom stereocenters. The first-order valence-corrected chi connectivity index (χ1v) is 10.0. The third-order valence-corrected chi connectivity index (χ3v) is 5.57. The van der Waals surface area contributed by atoms with Crippen LogP contribution in [0.4, 0.5) is 17.6 Å². The number of aromatic amines is 1. The highest BCUT2D eigenvalue weighted by molar-refractivity contribution is 7.08. The van der Waals surface area contributed by atoms with Crippen molar-refractivity contribution in [2.45, 2.75) is 6.92 Å². The smallest absolute Gasteiger partial charge is 0.265 e. The summed E-state index contributed by atoms with van der Waals surface area (Å²) >= 11 is 1.23. The molecule has 0 aromatic carbocycles. The van der Waals surface area contributed by atoms with E-state index in [9.17, 15) is 4.79 Å². The molecule has 1 amide bonds. The number of aromatic nitrogens is 6. The molecular formula is C18H19N9OS. The summed E-state index contributed by atoms with van der Waals surface area (Å²) in [5, 5.41) is 15.1. The van der Waals surface area contributed by atoms with Crippen LogP contribution in [-0.4, -0.2) is 66.2 Å². The maximum absolute atomic E-state index is 12.5. The molecule has 1 aliphatic heterocycles. The molecule has 11 heteroatoms. The van der Waals surface area contributed by atoms with Gasteiger partial charge < -0.3 is 15.1 Å². The summed E-state index contributed by atoms with van der Waals surface area (Å²) in [5.41, 5.74) is 1.84. The standard InChI is InChI=1S/C18H19N9OS/c1-12-11-15(23-22-12)20-16-13-3-2-6-27(13)24-18(21-16)26-9-7-25(8-10-26)17(28)14-4-5-19-29-14/h2-6,11H,7-10H2,1H3,(H2,20,21,22,23,24). The van der Waals surface area contributed by atoms with Crippen LogP contribution in [0, 0.1) is 6.92 Å². The minimum atomic E-state index is 0.0326. The van der Waals surface area contributed by atoms with Gasteiger partial charge in [-0.1, -0.05) is 0 Å². The second kappa shape index (κ2) is 7.17. The number of H-pyrrole nitrogens is 1. The molecule has 4 aromatic heterocycles. The fourth-order valence-electron chi connectivity index (χ4n) is 3.34. The van der Waals surface area contributed by atoms with E-state index in [0.29, 0.717) is 48.6 Å². The van der Waals surface area contributed by atoms with E-state index in [4.69, 9.17) is 4.98 Å². The first kappa shape index (κ1) is 17.6. The molecule has 148 valence electrons. The minimum absolute atomic E-state index is 0.0326. The van der Waals surface area contributed by atoms with Crippen molar-refractivity contribution in [2.75, 3.05) is 36.4 Å². The zero-order chi connectivity index (χ0) is 19.8. The molecule has 4 aromatic rings. The highest BCUT2D eigenvalue weighted by Gasteiger charge is 2.25. The summed E-state index contributed by atoms with van der Waals surface area (Å²) in [6, 6.07) is 7.57. The van der Waals surface area contributed by atoms with E-state index in [-0.39, 0.29) is 5.91 Å². The van der Waals surface area contributed by atoms with Crippen LogP contribution in [0.2, 0.25) is 0 Å². The Morgan fingerprint density at radius 2 is 2.10 bits per heavy atom. The van der Waals surface area contributed by atoms with Gasteiger partial charge in [-0.05, 0) is 36.7 Å². The van der Waals surface area contributed by atoms with Gasteiger partial charge in [0, 0.05) is 50.3 Å². The fraction of sp³-hybridized carbons (Fsp3) is 0.278. The summed E-state index contributed by atoms with van der Waals surface area (Å²) < 4.78 is 5.82. The van der Waals surface area contributed by atoms with Crippen LogP contribution in [0.15, 0.2) is 36.7 Å². The Morgan fingerprint density at radius 1 is 1.24 bits per heavy atom. The number of piperazine rings is 1. The lowest BCUT2D eigenvalue weighted by Crippen LogP contribution is -2.49. The molecule has 0 bridgehead atoms. The average Bonchev–Trinajstić information content (AvgIpc) is 3.49. The third-order valence-electron chi connectivity index (χ3n) is 4.83. The number of amides is 1. The van der Waals surface area contributed by atoms with E-state index in [1.807, 2.05) is 36.2 Å². The molecule has 0 atom stereocenters. The maximum atomic E-state index is 12.5. The van der Waals surface area contributed by atoms with Gasteiger partial charge in [-0.2, -0.15) is 10.1 Å². The van der Waals surface area contributed by atoms with Crippen molar-refractivity contribution in [3.63, 3.8) is 0 Å². The maximum Gasteiger partial charge on any atom is 0.265 e. The third kappa shape index (κ3) is 3.40. The summed E-state index contributed by atoms with van der Waals surface area (Å²) in [4.78, 5) is 21.9. The van der Waals surface area contributed by atoms with Crippen molar-refractivity contribution in [3.8, 4) is 0 Å². The van der Waals surface area contributed by atoms with Crippen LogP contribution < -0.4 is 10.2 Å². The first-order chi connectivity index (χ1) is 14.2. The Balaban J connectivity index is 1.36. The number of carbonyl (C=O) groups is 1. The molecule has 0 saturated carbocycles. The van der Waals surface area contributed by atoms with Gasteiger partial charge >= 0.3 is 0 Å². The predicted molar refractivity (Wildman–Crippen MR) is 110 cm³/mol. The largest absolute Gasteiger partial charge is 0.336 e. The molecule has 10 nitrogen and oxygen atoms in total. The Bertz CT molecular complexity index is 1140. The molecule has 5 heterocycles. The van der Waals surface area contributed by atoms with Crippen molar-refractivity contribution >= 4 is 40.5 Å². The number of nitrogens with one attached hydrogen (secondary N) is 2. The number of fused-ring (bicyclic) bond motifs is 1. The average molecular weight is 409 g/mol. The highest BCUT2D eigenvalue weighted by Crippen LogP contribution is 2.23. The Morgan fingerprint density at radius 3 is 2.83 bits per heavy atom. The monoisotopic (exact) mass is 409 g/mol. The molecule has 29 heavy (non-hydrogen) atoms. The lowest BCUT2D eigenvalue weighted by molar-refractivity contribution is 0.0751. The summed E-state index contributed by atoms with van der Waals surface area (Å²) in [7, 11) is 0. The minimum Gasteiger partial charge on any atom is -0.336 e. The SMILES string of the molecule is Cc1cc(Nc2nc(N3CCN(C(=O)c4ccns4)CC3)nn3cccc23)n[nH]1. The van der Waals surface area contributed by atoms with Crippen molar-refractivity contribution < 1.29 is 4.79 Å². The number of aryl methyl sites for hydroxylation is 1. The fourth-order valence-corrected chi connectivity index (χ4v) is 3.91. The molecular weight excluding hydrogens is 390 g/mol. The molecule has 0 aliphatic carbocycles. The zero-order valence-electron chi connectivity index (χ0n) is 15.7. The molecule has 1 aliphatic rings. The number of anilines is 3. The van der Waals surface area contributed by atoms with Gasteiger partial charge in [0.15, 0.2) is 11.6 Å². The number of nitrogens with zero attached hydrogens (tertiary/aromatic N) is 7. The van der Waals surface area contributed by atoms with E-state index in [0.717, 1.165) is 11.2 Å². The highest BCUT2D eigenvalue weighted by atomic mass is 32.1. The normalized spacial score (nSPS) is 14.5. The molecule has 2 N–H and O–H groups in total. The van der Waals surface area contributed by atoms with E-state index in [2.05, 4.69) is 29.9 Å². The number of rotatable bonds is 4. The number of carbonyl (C=O) groups excluding carboxylic acids is 1. The topological polar surface area (TPSA) is 107 Å². The van der Waals surface area contributed by atoms with Gasteiger partial charge in [0.25, 0.3) is 5.91 Å². The van der Waals surface area contributed by atoms with Crippen LogP contribution in [0.3, 0.4) is 0 Å². The van der Waals surface area contributed by atoms with E-state index in [1.165, 1.54) is 11.5 Å². The van der Waals surface area contributed by atoms with Crippen LogP contribution in [0.25, 0.3) is 5.52 Å². The van der Waals surface area contributed by atoms with Gasteiger partial charge in [-0.15, -0.1) is 5.10 Å². The lowest BCUT2D eigenvalue weighted by Gasteiger charge is -2.34. The van der Waals surface area contributed by atoms with Crippen LogP contribution in [0.1, 0.15) is 15.4 Å². The van der Waals surface area contributed by atoms with Crippen LogP contribution >= 0.6 is 11.5 Å². The Labute approximate surface area is 170 Å². The Kier molecular flexibility index (Phi) is 4.35. The molecule has 1 fully saturated rings. The van der Waals surface area contributed by atoms with E-state index in [1.54, 1.807) is 16.8 Å². The molecule has 1 saturated heterocycles. The second-order valence-corrected chi connectivity index (χ2v) is 7.65. The quantitative estimate of drug-likeness (QED) is 0.530. The van der Waals surface area contributed by atoms with Crippen molar-refractivity contribution in [3.05, 3.63) is 47.2 Å². The summed E-state index contributed by atoms with van der Waals surface area (Å²) in [6.07, 6.45) is 3.55. The lowest BCUT2D eigenvalue weighted by atomic mass is 10.3. The zero-order valence-corrected chi connectivity index (χ0v) is 16.6. The predicted octanol–water partition coefficient (Wildman–Crippen LogP) is 1.92. The van der Waals surface area contributed by atoms with Crippen molar-refractivity contribution in [1.29, 1.82) is 0 Å². The van der Waals surface area contributed by atoms with Gasteiger partial charge in [0.2, 0.25) is 5.95 Å². The van der Waals surface area contributed by atoms with Gasteiger partial charge in [-0.3, -0.25) is 9.89 Å². The van der Waals surface area contributed by atoms with Gasteiger partial charge in [0.05, 0.1) is 0 Å². The molecule has 0 spiro atoms. The van der Waals surface area contributed by atoms with E-state index < -0.39 is 0 Å². The number of hydrogen-bond donors (Lipinski definition) is 2. The van der Waals surface area contributed by atoms with Crippen LogP contribution in [0.5, 0.6) is 0 Å². The first-order valence-electron chi connectivity index (χ1n) is 9.27.